The molecule has 3 heterocycles. The van der Waals surface area contributed by atoms with Gasteiger partial charge in [0.05, 0.1) is 23.9 Å². The third-order valence-corrected chi connectivity index (χ3v) is 8.10. The molecule has 1 fully saturated rings. The number of amides is 4. The lowest BCUT2D eigenvalue weighted by atomic mass is 10.00. The number of aryl methyl sites for hydroxylation is 3. The third kappa shape index (κ3) is 8.29. The van der Waals surface area contributed by atoms with Crippen molar-refractivity contribution in [2.24, 2.45) is 0 Å². The van der Waals surface area contributed by atoms with E-state index >= 15 is 0 Å². The monoisotopic (exact) mass is 608 g/mol. The van der Waals surface area contributed by atoms with Crippen LogP contribution in [0.25, 0.3) is 0 Å². The molecule has 0 spiro atoms. The molecule has 1 aromatic heterocycles. The fourth-order valence-corrected chi connectivity index (χ4v) is 5.37. The molecular formula is C31H44N8O5. The van der Waals surface area contributed by atoms with Gasteiger partial charge in [-0.2, -0.15) is 0 Å². The highest BCUT2D eigenvalue weighted by atomic mass is 16.3. The van der Waals surface area contributed by atoms with Gasteiger partial charge in [-0.15, -0.1) is 0 Å². The van der Waals surface area contributed by atoms with Crippen molar-refractivity contribution in [3.63, 3.8) is 0 Å². The smallest absolute Gasteiger partial charge is 0.257 e. The summed E-state index contributed by atoms with van der Waals surface area (Å²) < 4.78 is 0. The van der Waals surface area contributed by atoms with Crippen molar-refractivity contribution in [2.45, 2.75) is 58.7 Å². The highest BCUT2D eigenvalue weighted by molar-refractivity contribution is 5.98. The second-order valence-corrected chi connectivity index (χ2v) is 11.8. The van der Waals surface area contributed by atoms with Crippen LogP contribution in [0.3, 0.4) is 0 Å². The standard InChI is InChI=1S/C31H44N8O5/c1-19-8-9-24-15-23(19)7-6-10-32-26(41)18-39(17-20(2)34-29(43)27(22(4)40)36-28(24)42)30(44)25-16-33-31(35-21(25)3)38-13-11-37(5)12-14-38/h8-9,15-16,20,22,27,40H,6-7,10-14,17-18H2,1-5H3,(H,32,41)(H,34,43)(H,36,42)/t20-,22-,27+/m1/s1. The van der Waals surface area contributed by atoms with Gasteiger partial charge in [0.1, 0.15) is 6.04 Å². The van der Waals surface area contributed by atoms with E-state index < -0.39 is 35.9 Å². The predicted octanol–water partition coefficient (Wildman–Crippen LogP) is 0.0339. The second-order valence-electron chi connectivity index (χ2n) is 11.8. The Morgan fingerprint density at radius 3 is 2.50 bits per heavy atom. The third-order valence-electron chi connectivity index (χ3n) is 8.10. The Labute approximate surface area is 258 Å². The maximum absolute atomic E-state index is 13.8. The molecule has 4 amide bonds. The predicted molar refractivity (Wildman–Crippen MR) is 165 cm³/mol. The van der Waals surface area contributed by atoms with E-state index in [1.165, 1.54) is 18.0 Å². The maximum atomic E-state index is 13.8. The zero-order chi connectivity index (χ0) is 32.0. The van der Waals surface area contributed by atoms with Crippen LogP contribution in [0.4, 0.5) is 5.95 Å². The van der Waals surface area contributed by atoms with Gasteiger partial charge in [-0.1, -0.05) is 6.07 Å². The number of rotatable bonds is 3. The zero-order valence-corrected chi connectivity index (χ0v) is 26.2. The summed E-state index contributed by atoms with van der Waals surface area (Å²) in [4.78, 5) is 67.9. The van der Waals surface area contributed by atoms with Crippen LogP contribution in [0.5, 0.6) is 0 Å². The number of aliphatic hydroxyl groups excluding tert-OH is 1. The van der Waals surface area contributed by atoms with E-state index in [-0.39, 0.29) is 24.6 Å². The van der Waals surface area contributed by atoms with Crippen LogP contribution in [-0.2, 0) is 16.0 Å². The zero-order valence-electron chi connectivity index (χ0n) is 26.2. The Bertz CT molecular complexity index is 1370. The average molecular weight is 609 g/mol. The lowest BCUT2D eigenvalue weighted by Gasteiger charge is -2.32. The Morgan fingerprint density at radius 1 is 1.09 bits per heavy atom. The first-order chi connectivity index (χ1) is 20.9. The quantitative estimate of drug-likeness (QED) is 0.377. The second kappa shape index (κ2) is 14.6. The minimum absolute atomic E-state index is 0.00189. The van der Waals surface area contributed by atoms with E-state index in [2.05, 4.69) is 42.8 Å². The molecule has 0 aliphatic carbocycles. The molecule has 3 atom stereocenters. The van der Waals surface area contributed by atoms with Crippen molar-refractivity contribution in [2.75, 3.05) is 57.8 Å². The maximum Gasteiger partial charge on any atom is 0.257 e. The van der Waals surface area contributed by atoms with Crippen molar-refractivity contribution in [3.05, 3.63) is 52.3 Å². The van der Waals surface area contributed by atoms with Gasteiger partial charge in [-0.3, -0.25) is 19.2 Å². The van der Waals surface area contributed by atoms with Gasteiger partial charge >= 0.3 is 0 Å². The number of carbonyl (C=O) groups excluding carboxylic acids is 4. The molecule has 44 heavy (non-hydrogen) atoms. The largest absolute Gasteiger partial charge is 0.391 e. The molecule has 4 rings (SSSR count). The van der Waals surface area contributed by atoms with Gasteiger partial charge in [-0.05, 0) is 70.8 Å². The lowest BCUT2D eigenvalue weighted by Crippen LogP contribution is -2.56. The molecule has 2 aromatic rings. The molecule has 2 aliphatic rings. The fraction of sp³-hybridized carbons (Fsp3) is 0.548. The van der Waals surface area contributed by atoms with E-state index in [1.807, 2.05) is 13.0 Å². The first-order valence-corrected chi connectivity index (χ1v) is 15.1. The minimum atomic E-state index is -1.23. The summed E-state index contributed by atoms with van der Waals surface area (Å²) >= 11 is 0. The number of hydrogen-bond acceptors (Lipinski definition) is 9. The first kappa shape index (κ1) is 32.8. The Kier molecular flexibility index (Phi) is 10.9. The van der Waals surface area contributed by atoms with Gasteiger partial charge in [-0.25, -0.2) is 9.97 Å². The Hall–Kier alpha value is -4.10. The van der Waals surface area contributed by atoms with E-state index in [1.54, 1.807) is 26.0 Å². The minimum Gasteiger partial charge on any atom is -0.391 e. The van der Waals surface area contributed by atoms with E-state index in [0.29, 0.717) is 36.6 Å². The molecule has 238 valence electrons. The first-order valence-electron chi connectivity index (χ1n) is 15.1. The van der Waals surface area contributed by atoms with Crippen LogP contribution < -0.4 is 20.9 Å². The topological polar surface area (TPSA) is 160 Å². The molecule has 2 aliphatic heterocycles. The van der Waals surface area contributed by atoms with Crippen LogP contribution >= 0.6 is 0 Å². The van der Waals surface area contributed by atoms with Crippen LogP contribution in [-0.4, -0.2) is 120 Å². The summed E-state index contributed by atoms with van der Waals surface area (Å²) in [5, 5.41) is 18.7. The molecule has 4 N–H and O–H groups in total. The van der Waals surface area contributed by atoms with Gasteiger partial charge in [0.15, 0.2) is 0 Å². The number of likely N-dealkylation sites (N-methyl/N-ethyl adjacent to an activating group) is 1. The number of aliphatic hydroxyl groups is 1. The van der Waals surface area contributed by atoms with Crippen molar-refractivity contribution in [1.29, 1.82) is 0 Å². The molecule has 13 heteroatoms. The van der Waals surface area contributed by atoms with Crippen LogP contribution in [0, 0.1) is 13.8 Å². The molecular weight excluding hydrogens is 564 g/mol. The summed E-state index contributed by atoms with van der Waals surface area (Å²) in [7, 11) is 2.06. The number of anilines is 1. The van der Waals surface area contributed by atoms with E-state index in [4.69, 9.17) is 0 Å². The summed E-state index contributed by atoms with van der Waals surface area (Å²) in [6.07, 6.45) is 1.56. The number of piperazine rings is 1. The van der Waals surface area contributed by atoms with Crippen LogP contribution in [0.1, 0.15) is 57.8 Å². The molecule has 1 saturated heterocycles. The molecule has 0 unspecified atom stereocenters. The summed E-state index contributed by atoms with van der Waals surface area (Å²) in [5.41, 5.74) is 3.07. The molecule has 0 saturated carbocycles. The summed E-state index contributed by atoms with van der Waals surface area (Å²) in [5.74, 6) is -1.30. The lowest BCUT2D eigenvalue weighted by molar-refractivity contribution is -0.126. The van der Waals surface area contributed by atoms with E-state index in [0.717, 1.165) is 37.3 Å². The number of aromatic nitrogens is 2. The van der Waals surface area contributed by atoms with Gasteiger partial charge in [0.2, 0.25) is 17.8 Å². The Morgan fingerprint density at radius 2 is 1.82 bits per heavy atom. The van der Waals surface area contributed by atoms with Gasteiger partial charge < -0.3 is 35.8 Å². The van der Waals surface area contributed by atoms with Crippen molar-refractivity contribution in [3.8, 4) is 0 Å². The summed E-state index contributed by atoms with van der Waals surface area (Å²) in [6.45, 7) is 10.3. The Balaban J connectivity index is 1.56. The summed E-state index contributed by atoms with van der Waals surface area (Å²) in [6, 6.07) is 3.43. The molecule has 13 nitrogen and oxygen atoms in total. The highest BCUT2D eigenvalue weighted by Gasteiger charge is 2.30. The van der Waals surface area contributed by atoms with Gasteiger partial charge in [0.25, 0.3) is 11.8 Å². The van der Waals surface area contributed by atoms with Crippen molar-refractivity contribution in [1.82, 2.24) is 35.7 Å². The normalized spacial score (nSPS) is 22.0. The van der Waals surface area contributed by atoms with Gasteiger partial charge in [0, 0.05) is 57.1 Å². The molecule has 0 radical (unpaired) electrons. The molecule has 1 aromatic carbocycles. The van der Waals surface area contributed by atoms with Crippen LogP contribution in [0.2, 0.25) is 0 Å². The van der Waals surface area contributed by atoms with E-state index in [9.17, 15) is 24.3 Å². The number of nitrogens with zero attached hydrogens (tertiary/aromatic N) is 5. The number of carbonyl (C=O) groups is 4. The number of nitrogens with one attached hydrogen (secondary N) is 3. The van der Waals surface area contributed by atoms with Crippen LogP contribution in [0.15, 0.2) is 24.4 Å². The SMILES string of the molecule is Cc1ccc2cc1CCCNC(=O)CN(C(=O)c1cnc(N3CCN(C)CC3)nc1C)C[C@@H](C)NC(=O)[C@H]([C@@H](C)O)NC2=O. The van der Waals surface area contributed by atoms with Crippen molar-refractivity contribution >= 4 is 29.6 Å². The average Bonchev–Trinajstić information content (AvgIpc) is 2.97. The fourth-order valence-electron chi connectivity index (χ4n) is 5.37. The number of benzene rings is 1. The van der Waals surface area contributed by atoms with Crippen molar-refractivity contribution < 1.29 is 24.3 Å². The number of hydrogen-bond donors (Lipinski definition) is 4. The highest BCUT2D eigenvalue weighted by Crippen LogP contribution is 2.17. The molecule has 2 bridgehead atoms. The number of fused-ring (bicyclic) bond motifs is 2.